The fraction of sp³-hybridized carbons (Fsp3) is 0.765. The van der Waals surface area contributed by atoms with Crippen molar-refractivity contribution in [1.82, 2.24) is 19.6 Å². The number of piperidine rings is 2. The van der Waals surface area contributed by atoms with Gasteiger partial charge in [0.1, 0.15) is 0 Å². The van der Waals surface area contributed by atoms with Gasteiger partial charge < -0.3 is 10.0 Å². The minimum Gasteiger partial charge on any atom is -0.391 e. The maximum absolute atomic E-state index is 11.7. The highest BCUT2D eigenvalue weighted by Crippen LogP contribution is 2.40. The van der Waals surface area contributed by atoms with Gasteiger partial charge in [-0.15, -0.1) is 0 Å². The molecule has 0 saturated carbocycles. The Bertz CT molecular complexity index is 549. The lowest BCUT2D eigenvalue weighted by atomic mass is 9.71. The minimum atomic E-state index is -0.373. The number of likely N-dealkylation sites (tertiary alicyclic amines) is 2. The van der Waals surface area contributed by atoms with E-state index >= 15 is 0 Å². The van der Waals surface area contributed by atoms with Gasteiger partial charge in [-0.2, -0.15) is 5.10 Å². The number of hydrogen-bond donors (Lipinski definition) is 1. The van der Waals surface area contributed by atoms with Crippen molar-refractivity contribution in [3.63, 3.8) is 0 Å². The first kappa shape index (κ1) is 16.5. The SMILES string of the molecule is CCn1cc(CN2CCC3(CC2)CC(O)CN(C(C)=O)C3)cn1. The van der Waals surface area contributed by atoms with Gasteiger partial charge in [-0.1, -0.05) is 0 Å². The predicted molar refractivity (Wildman–Crippen MR) is 87.7 cm³/mol. The van der Waals surface area contributed by atoms with Crippen LogP contribution in [0.1, 0.15) is 38.7 Å². The monoisotopic (exact) mass is 320 g/mol. The zero-order valence-corrected chi connectivity index (χ0v) is 14.2. The van der Waals surface area contributed by atoms with Gasteiger partial charge in [-0.3, -0.25) is 14.4 Å². The van der Waals surface area contributed by atoms with Crippen molar-refractivity contribution in [2.45, 2.75) is 52.3 Å². The highest BCUT2D eigenvalue weighted by atomic mass is 16.3. The molecule has 1 spiro atoms. The fourth-order valence-electron chi connectivity index (χ4n) is 4.06. The van der Waals surface area contributed by atoms with Gasteiger partial charge in [0.25, 0.3) is 0 Å². The topological polar surface area (TPSA) is 61.6 Å². The van der Waals surface area contributed by atoms with E-state index in [0.29, 0.717) is 6.54 Å². The highest BCUT2D eigenvalue weighted by molar-refractivity contribution is 5.73. The Hall–Kier alpha value is -1.40. The zero-order chi connectivity index (χ0) is 16.4. The molecule has 3 rings (SSSR count). The van der Waals surface area contributed by atoms with Gasteiger partial charge in [0.05, 0.1) is 12.3 Å². The average molecular weight is 320 g/mol. The average Bonchev–Trinajstić information content (AvgIpc) is 2.97. The van der Waals surface area contributed by atoms with Crippen molar-refractivity contribution >= 4 is 5.91 Å². The quantitative estimate of drug-likeness (QED) is 0.906. The molecule has 1 N–H and O–H groups in total. The van der Waals surface area contributed by atoms with Crippen LogP contribution >= 0.6 is 0 Å². The summed E-state index contributed by atoms with van der Waals surface area (Å²) in [5.41, 5.74) is 1.37. The van der Waals surface area contributed by atoms with E-state index in [-0.39, 0.29) is 17.4 Å². The molecule has 1 unspecified atom stereocenters. The first-order chi connectivity index (χ1) is 11.0. The number of amides is 1. The van der Waals surface area contributed by atoms with Gasteiger partial charge in [0.2, 0.25) is 5.91 Å². The van der Waals surface area contributed by atoms with Crippen LogP contribution in [0.2, 0.25) is 0 Å². The summed E-state index contributed by atoms with van der Waals surface area (Å²) in [6.45, 7) is 8.89. The normalized spacial score (nSPS) is 25.0. The molecular formula is C17H28N4O2. The number of carbonyl (C=O) groups excluding carboxylic acids is 1. The standard InChI is InChI=1S/C17H28N4O2/c1-3-21-11-15(9-18-21)10-19-6-4-17(5-7-19)8-16(23)12-20(13-17)14(2)22/h9,11,16,23H,3-8,10,12-13H2,1-2H3. The zero-order valence-electron chi connectivity index (χ0n) is 14.2. The van der Waals surface area contributed by atoms with E-state index in [0.717, 1.165) is 52.0 Å². The molecule has 2 aliphatic rings. The van der Waals surface area contributed by atoms with E-state index < -0.39 is 0 Å². The summed E-state index contributed by atoms with van der Waals surface area (Å²) in [7, 11) is 0. The second-order valence-electron chi connectivity index (χ2n) is 7.24. The molecule has 1 aromatic heterocycles. The summed E-state index contributed by atoms with van der Waals surface area (Å²) in [4.78, 5) is 16.0. The molecule has 6 heteroatoms. The van der Waals surface area contributed by atoms with Crippen molar-refractivity contribution in [1.29, 1.82) is 0 Å². The molecule has 2 aliphatic heterocycles. The third kappa shape index (κ3) is 3.75. The Morgan fingerprint density at radius 3 is 2.78 bits per heavy atom. The van der Waals surface area contributed by atoms with Crippen LogP contribution in [0.4, 0.5) is 0 Å². The van der Waals surface area contributed by atoms with Crippen molar-refractivity contribution < 1.29 is 9.90 Å². The number of aryl methyl sites for hydroxylation is 1. The van der Waals surface area contributed by atoms with Gasteiger partial charge in [-0.05, 0) is 44.7 Å². The predicted octanol–water partition coefficient (Wildman–Crippen LogP) is 1.10. The van der Waals surface area contributed by atoms with Crippen LogP contribution in [0.5, 0.6) is 0 Å². The van der Waals surface area contributed by atoms with E-state index in [1.807, 2.05) is 15.8 Å². The molecule has 6 nitrogen and oxygen atoms in total. The summed E-state index contributed by atoms with van der Waals surface area (Å²) in [5, 5.41) is 14.5. The van der Waals surface area contributed by atoms with Gasteiger partial charge in [-0.25, -0.2) is 0 Å². The molecule has 2 fully saturated rings. The van der Waals surface area contributed by atoms with Crippen LogP contribution in [0.3, 0.4) is 0 Å². The molecule has 1 aromatic rings. The number of hydrogen-bond acceptors (Lipinski definition) is 4. The van der Waals surface area contributed by atoms with Crippen molar-refractivity contribution in [3.05, 3.63) is 18.0 Å². The summed E-state index contributed by atoms with van der Waals surface area (Å²) < 4.78 is 1.96. The molecule has 1 atom stereocenters. The fourth-order valence-corrected chi connectivity index (χ4v) is 4.06. The Morgan fingerprint density at radius 2 is 2.17 bits per heavy atom. The van der Waals surface area contributed by atoms with E-state index in [4.69, 9.17) is 0 Å². The number of β-amino-alcohol motifs (C(OH)–C–C–N with tert-alkyl or cyclic N) is 1. The van der Waals surface area contributed by atoms with Gasteiger partial charge in [0, 0.05) is 44.9 Å². The molecule has 3 heterocycles. The molecule has 128 valence electrons. The molecule has 0 aliphatic carbocycles. The van der Waals surface area contributed by atoms with Crippen LogP contribution in [0.25, 0.3) is 0 Å². The minimum absolute atomic E-state index is 0.0811. The number of aliphatic hydroxyl groups excluding tert-OH is 1. The molecule has 1 amide bonds. The second-order valence-corrected chi connectivity index (χ2v) is 7.24. The maximum atomic E-state index is 11.7. The van der Waals surface area contributed by atoms with Crippen molar-refractivity contribution in [2.24, 2.45) is 5.41 Å². The lowest BCUT2D eigenvalue weighted by molar-refractivity contribution is -0.138. The third-order valence-corrected chi connectivity index (χ3v) is 5.40. The largest absolute Gasteiger partial charge is 0.391 e. The molecule has 0 radical (unpaired) electrons. The first-order valence-corrected chi connectivity index (χ1v) is 8.67. The number of aromatic nitrogens is 2. The summed E-state index contributed by atoms with van der Waals surface area (Å²) in [6.07, 6.45) is 6.63. The highest BCUT2D eigenvalue weighted by Gasteiger charge is 2.42. The van der Waals surface area contributed by atoms with Crippen LogP contribution in [0, 0.1) is 5.41 Å². The van der Waals surface area contributed by atoms with Crippen LogP contribution in [0.15, 0.2) is 12.4 Å². The Labute approximate surface area is 138 Å². The number of aliphatic hydroxyl groups is 1. The lowest BCUT2D eigenvalue weighted by Gasteiger charge is -2.49. The smallest absolute Gasteiger partial charge is 0.219 e. The van der Waals surface area contributed by atoms with E-state index in [1.54, 1.807) is 6.92 Å². The molecule has 2 saturated heterocycles. The summed E-state index contributed by atoms with van der Waals surface area (Å²) >= 11 is 0. The lowest BCUT2D eigenvalue weighted by Crippen LogP contribution is -2.54. The summed E-state index contributed by atoms with van der Waals surface area (Å²) in [6, 6.07) is 0. The third-order valence-electron chi connectivity index (χ3n) is 5.40. The second kappa shape index (κ2) is 6.61. The Balaban J connectivity index is 1.57. The van der Waals surface area contributed by atoms with E-state index in [2.05, 4.69) is 23.1 Å². The van der Waals surface area contributed by atoms with Crippen LogP contribution in [-0.4, -0.2) is 62.9 Å². The maximum Gasteiger partial charge on any atom is 0.219 e. The Kier molecular flexibility index (Phi) is 4.73. The molecule has 0 bridgehead atoms. The van der Waals surface area contributed by atoms with Crippen molar-refractivity contribution in [3.8, 4) is 0 Å². The summed E-state index contributed by atoms with van der Waals surface area (Å²) in [5.74, 6) is 0.0811. The number of rotatable bonds is 3. The van der Waals surface area contributed by atoms with Crippen molar-refractivity contribution in [2.75, 3.05) is 26.2 Å². The number of carbonyl (C=O) groups is 1. The van der Waals surface area contributed by atoms with E-state index in [1.165, 1.54) is 5.56 Å². The van der Waals surface area contributed by atoms with Gasteiger partial charge in [0.15, 0.2) is 0 Å². The van der Waals surface area contributed by atoms with Crippen LogP contribution in [-0.2, 0) is 17.9 Å². The van der Waals surface area contributed by atoms with E-state index in [9.17, 15) is 9.90 Å². The molecule has 23 heavy (non-hydrogen) atoms. The first-order valence-electron chi connectivity index (χ1n) is 8.67. The molecular weight excluding hydrogens is 292 g/mol. The Morgan fingerprint density at radius 1 is 1.43 bits per heavy atom. The molecule has 0 aromatic carbocycles. The van der Waals surface area contributed by atoms with Gasteiger partial charge >= 0.3 is 0 Å². The van der Waals surface area contributed by atoms with Crippen LogP contribution < -0.4 is 0 Å². The number of nitrogens with zero attached hydrogens (tertiary/aromatic N) is 4.